The number of benzene rings is 1. The average Bonchev–Trinajstić information content (AvgIpc) is 2.05. The van der Waals surface area contributed by atoms with Crippen LogP contribution < -0.4 is 0 Å². The summed E-state index contributed by atoms with van der Waals surface area (Å²) < 4.78 is 0. The molecule has 0 aliphatic heterocycles. The van der Waals surface area contributed by atoms with E-state index in [0.717, 1.165) is 10.5 Å². The summed E-state index contributed by atoms with van der Waals surface area (Å²) >= 11 is 5.17. The van der Waals surface area contributed by atoms with E-state index in [1.54, 1.807) is 0 Å². The molecule has 1 aromatic rings. The highest BCUT2D eigenvalue weighted by molar-refractivity contribution is 7.80. The predicted octanol–water partition coefficient (Wildman–Crippen LogP) is 3.15. The van der Waals surface area contributed by atoms with E-state index >= 15 is 0 Å². The molecule has 0 aliphatic carbocycles. The number of terminal acetylenes is 1. The SMILES string of the molecule is C#CC(C)(C)c1ccccc1[S]. The molecular formula is C11H11S. The highest BCUT2D eigenvalue weighted by atomic mass is 32.1. The maximum absolute atomic E-state index is 5.41. The van der Waals surface area contributed by atoms with Crippen molar-refractivity contribution >= 4 is 12.6 Å². The summed E-state index contributed by atoms with van der Waals surface area (Å²) in [6.07, 6.45) is 5.41. The first kappa shape index (κ1) is 9.09. The van der Waals surface area contributed by atoms with Crippen LogP contribution in [0.2, 0.25) is 0 Å². The van der Waals surface area contributed by atoms with Gasteiger partial charge in [-0.25, -0.2) is 0 Å². The summed E-state index contributed by atoms with van der Waals surface area (Å²) in [4.78, 5) is 0.848. The second-order valence-electron chi connectivity index (χ2n) is 3.27. The van der Waals surface area contributed by atoms with Gasteiger partial charge in [-0.3, -0.25) is 0 Å². The minimum Gasteiger partial charge on any atom is -0.119 e. The lowest BCUT2D eigenvalue weighted by Crippen LogP contribution is -2.14. The Morgan fingerprint density at radius 2 is 1.92 bits per heavy atom. The fraction of sp³-hybridized carbons (Fsp3) is 0.273. The van der Waals surface area contributed by atoms with Gasteiger partial charge in [0, 0.05) is 4.90 Å². The predicted molar refractivity (Wildman–Crippen MR) is 54.2 cm³/mol. The fourth-order valence-corrected chi connectivity index (χ4v) is 1.46. The molecule has 61 valence electrons. The maximum atomic E-state index is 5.41. The molecule has 1 heteroatoms. The Bertz CT molecular complexity index is 318. The number of rotatable bonds is 1. The Labute approximate surface area is 79.4 Å². The molecule has 0 bridgehead atoms. The van der Waals surface area contributed by atoms with Crippen LogP contribution in [0, 0.1) is 12.3 Å². The zero-order valence-electron chi connectivity index (χ0n) is 7.29. The Morgan fingerprint density at radius 3 is 2.42 bits per heavy atom. The lowest BCUT2D eigenvalue weighted by Gasteiger charge is -2.18. The van der Waals surface area contributed by atoms with Crippen LogP contribution in [0.25, 0.3) is 0 Å². The van der Waals surface area contributed by atoms with Gasteiger partial charge in [0.15, 0.2) is 0 Å². The van der Waals surface area contributed by atoms with Crippen LogP contribution in [-0.4, -0.2) is 0 Å². The zero-order chi connectivity index (χ0) is 9.19. The second kappa shape index (κ2) is 3.16. The van der Waals surface area contributed by atoms with Crippen molar-refractivity contribution in [1.29, 1.82) is 0 Å². The third kappa shape index (κ3) is 1.60. The third-order valence-corrected chi connectivity index (χ3v) is 2.28. The number of hydrogen-bond acceptors (Lipinski definition) is 0. The van der Waals surface area contributed by atoms with Crippen LogP contribution in [0.1, 0.15) is 19.4 Å². The van der Waals surface area contributed by atoms with Crippen LogP contribution in [0.4, 0.5) is 0 Å². The molecule has 0 amide bonds. The molecule has 0 atom stereocenters. The van der Waals surface area contributed by atoms with Crippen LogP contribution in [0.3, 0.4) is 0 Å². The first-order valence-electron chi connectivity index (χ1n) is 3.82. The molecule has 0 heterocycles. The molecule has 12 heavy (non-hydrogen) atoms. The minimum atomic E-state index is -0.252. The quantitative estimate of drug-likeness (QED) is 0.575. The maximum Gasteiger partial charge on any atom is 0.0518 e. The van der Waals surface area contributed by atoms with Crippen molar-refractivity contribution in [3.8, 4) is 12.3 Å². The molecular weight excluding hydrogens is 164 g/mol. The van der Waals surface area contributed by atoms with Gasteiger partial charge in [-0.1, -0.05) is 36.7 Å². The largest absolute Gasteiger partial charge is 0.119 e. The van der Waals surface area contributed by atoms with Crippen molar-refractivity contribution in [3.63, 3.8) is 0 Å². The van der Waals surface area contributed by atoms with Crippen molar-refractivity contribution in [2.24, 2.45) is 0 Å². The Hall–Kier alpha value is -1.00. The van der Waals surface area contributed by atoms with E-state index in [1.807, 2.05) is 38.1 Å². The third-order valence-electron chi connectivity index (χ3n) is 1.92. The van der Waals surface area contributed by atoms with Gasteiger partial charge >= 0.3 is 0 Å². The number of hydrogen-bond donors (Lipinski definition) is 0. The first-order chi connectivity index (χ1) is 5.58. The van der Waals surface area contributed by atoms with Crippen molar-refractivity contribution < 1.29 is 0 Å². The summed E-state index contributed by atoms with van der Waals surface area (Å²) in [6, 6.07) is 7.79. The van der Waals surface area contributed by atoms with Gasteiger partial charge in [0.25, 0.3) is 0 Å². The standard InChI is InChI=1S/C11H11S/c1-4-11(2,3)9-7-5-6-8-10(9)12/h1,5-8H,2-3H3. The monoisotopic (exact) mass is 175 g/mol. The Kier molecular flexibility index (Phi) is 2.40. The molecule has 0 aromatic heterocycles. The lowest BCUT2D eigenvalue weighted by atomic mass is 9.86. The summed E-state index contributed by atoms with van der Waals surface area (Å²) in [6.45, 7) is 4.00. The molecule has 0 saturated heterocycles. The van der Waals surface area contributed by atoms with Gasteiger partial charge in [-0.2, -0.15) is 0 Å². The van der Waals surface area contributed by atoms with Crippen LogP contribution in [0.15, 0.2) is 29.2 Å². The average molecular weight is 175 g/mol. The van der Waals surface area contributed by atoms with Gasteiger partial charge in [0.05, 0.1) is 5.41 Å². The van der Waals surface area contributed by atoms with E-state index in [4.69, 9.17) is 19.1 Å². The first-order valence-corrected chi connectivity index (χ1v) is 4.23. The molecule has 0 nitrogen and oxygen atoms in total. The van der Waals surface area contributed by atoms with Crippen molar-refractivity contribution in [2.45, 2.75) is 24.2 Å². The summed E-state index contributed by atoms with van der Waals surface area (Å²) in [5, 5.41) is 0. The topological polar surface area (TPSA) is 0 Å². The molecule has 0 fully saturated rings. The van der Waals surface area contributed by atoms with Gasteiger partial charge in [-0.15, -0.1) is 6.42 Å². The van der Waals surface area contributed by atoms with Crippen LogP contribution in [0.5, 0.6) is 0 Å². The molecule has 1 aromatic carbocycles. The van der Waals surface area contributed by atoms with Gasteiger partial charge in [0.2, 0.25) is 0 Å². The molecule has 0 aliphatic rings. The van der Waals surface area contributed by atoms with Crippen molar-refractivity contribution in [1.82, 2.24) is 0 Å². The fourth-order valence-electron chi connectivity index (χ4n) is 1.06. The van der Waals surface area contributed by atoms with Crippen molar-refractivity contribution in [2.75, 3.05) is 0 Å². The van der Waals surface area contributed by atoms with E-state index in [0.29, 0.717) is 0 Å². The van der Waals surface area contributed by atoms with E-state index in [2.05, 4.69) is 5.92 Å². The molecule has 1 rings (SSSR count). The van der Waals surface area contributed by atoms with Gasteiger partial charge in [-0.05, 0) is 25.5 Å². The van der Waals surface area contributed by atoms with E-state index in [1.165, 1.54) is 0 Å². The summed E-state index contributed by atoms with van der Waals surface area (Å²) in [5.41, 5.74) is 0.806. The molecule has 0 unspecified atom stereocenters. The van der Waals surface area contributed by atoms with Crippen LogP contribution >= 0.6 is 12.6 Å². The Morgan fingerprint density at radius 1 is 1.33 bits per heavy atom. The molecule has 1 radical (unpaired) electrons. The second-order valence-corrected chi connectivity index (χ2v) is 3.71. The molecule has 0 saturated carbocycles. The highest BCUT2D eigenvalue weighted by Gasteiger charge is 2.19. The molecule has 0 N–H and O–H groups in total. The minimum absolute atomic E-state index is 0.252. The molecule has 0 spiro atoms. The Balaban J connectivity index is 3.22. The zero-order valence-corrected chi connectivity index (χ0v) is 8.11. The highest BCUT2D eigenvalue weighted by Crippen LogP contribution is 2.27. The van der Waals surface area contributed by atoms with E-state index in [-0.39, 0.29) is 5.41 Å². The van der Waals surface area contributed by atoms with E-state index < -0.39 is 0 Å². The summed E-state index contributed by atoms with van der Waals surface area (Å²) in [7, 11) is 0. The summed E-state index contributed by atoms with van der Waals surface area (Å²) in [5.74, 6) is 2.73. The smallest absolute Gasteiger partial charge is 0.0518 e. The van der Waals surface area contributed by atoms with Gasteiger partial charge in [0.1, 0.15) is 0 Å². The normalized spacial score (nSPS) is 10.8. The lowest BCUT2D eigenvalue weighted by molar-refractivity contribution is 0.683. The van der Waals surface area contributed by atoms with Crippen LogP contribution in [-0.2, 0) is 5.41 Å². The van der Waals surface area contributed by atoms with Gasteiger partial charge < -0.3 is 0 Å². The van der Waals surface area contributed by atoms with Crippen molar-refractivity contribution in [3.05, 3.63) is 29.8 Å². The van der Waals surface area contributed by atoms with E-state index in [9.17, 15) is 0 Å².